The summed E-state index contributed by atoms with van der Waals surface area (Å²) in [6.07, 6.45) is 3.02. The average molecular weight is 460 g/mol. The molecule has 0 radical (unpaired) electrons. The third-order valence-electron chi connectivity index (χ3n) is 6.35. The van der Waals surface area contributed by atoms with Crippen molar-refractivity contribution in [3.8, 4) is 11.1 Å². The van der Waals surface area contributed by atoms with Gasteiger partial charge < -0.3 is 9.82 Å². The number of fused-ring (bicyclic) bond motifs is 1. The van der Waals surface area contributed by atoms with Gasteiger partial charge in [-0.15, -0.1) is 5.06 Å². The number of nitrogens with one attached hydrogen (secondary N) is 1. The normalized spacial score (nSPS) is 15.3. The molecule has 0 aliphatic heterocycles. The van der Waals surface area contributed by atoms with E-state index in [0.29, 0.717) is 12.3 Å². The minimum Gasteiger partial charge on any atom is -0.360 e. The predicted octanol–water partition coefficient (Wildman–Crippen LogP) is 6.33. The van der Waals surface area contributed by atoms with Crippen molar-refractivity contribution in [2.75, 3.05) is 6.54 Å². The molecule has 5 nitrogen and oxygen atoms in total. The fraction of sp³-hybridized carbons (Fsp3) is 0.440. The van der Waals surface area contributed by atoms with E-state index in [-0.39, 0.29) is 13.1 Å². The third-order valence-corrected chi connectivity index (χ3v) is 6.35. The quantitative estimate of drug-likeness (QED) is 0.420. The smallest absolute Gasteiger partial charge is 0.360 e. The molecule has 0 bridgehead atoms. The van der Waals surface area contributed by atoms with Gasteiger partial charge in [-0.25, -0.2) is 9.78 Å². The Bertz CT molecular complexity index is 1090. The van der Waals surface area contributed by atoms with Crippen molar-refractivity contribution < 1.29 is 22.8 Å². The maximum absolute atomic E-state index is 12.8. The zero-order chi connectivity index (χ0) is 23.4. The number of rotatable bonds is 7. The first-order chi connectivity index (χ1) is 15.8. The summed E-state index contributed by atoms with van der Waals surface area (Å²) in [5, 5.41) is 1.15. The molecule has 1 N–H and O–H groups in total. The van der Waals surface area contributed by atoms with E-state index in [4.69, 9.17) is 4.84 Å². The van der Waals surface area contributed by atoms with Crippen molar-refractivity contribution in [3.05, 3.63) is 53.9 Å². The van der Waals surface area contributed by atoms with Crippen molar-refractivity contribution in [1.82, 2.24) is 15.0 Å². The van der Waals surface area contributed by atoms with Crippen LogP contribution in [0.5, 0.6) is 0 Å². The van der Waals surface area contributed by atoms with Crippen LogP contribution in [-0.2, 0) is 16.2 Å². The van der Waals surface area contributed by atoms with Gasteiger partial charge in [-0.3, -0.25) is 0 Å². The number of hydrogen-bond donors (Lipinski definition) is 1. The summed E-state index contributed by atoms with van der Waals surface area (Å²) in [6.45, 7) is 2.40. The highest BCUT2D eigenvalue weighted by atomic mass is 19.4. The van der Waals surface area contributed by atoms with Crippen LogP contribution >= 0.6 is 0 Å². The van der Waals surface area contributed by atoms with Crippen LogP contribution in [0.3, 0.4) is 0 Å². The van der Waals surface area contributed by atoms with Crippen LogP contribution in [-0.4, -0.2) is 33.7 Å². The number of hydroxylamine groups is 2. The zero-order valence-electron chi connectivity index (χ0n) is 18.6. The topological polar surface area (TPSA) is 58.2 Å². The molecule has 0 atom stereocenters. The highest BCUT2D eigenvalue weighted by molar-refractivity contribution is 5.83. The van der Waals surface area contributed by atoms with Crippen molar-refractivity contribution in [3.63, 3.8) is 0 Å². The molecule has 1 aromatic heterocycles. The molecule has 0 unspecified atom stereocenters. The second-order valence-electron chi connectivity index (χ2n) is 8.82. The average Bonchev–Trinajstić information content (AvgIpc) is 3.25. The van der Waals surface area contributed by atoms with E-state index in [0.717, 1.165) is 64.0 Å². The molecule has 1 aliphatic rings. The van der Waals surface area contributed by atoms with Crippen LogP contribution < -0.4 is 0 Å². The Morgan fingerprint density at radius 3 is 2.58 bits per heavy atom. The maximum Gasteiger partial charge on any atom is 0.492 e. The number of nitrogens with zero attached hydrogens (tertiary/aromatic N) is 2. The number of aromatic nitrogens is 2. The second-order valence-corrected chi connectivity index (χ2v) is 8.82. The molecule has 3 aromatic rings. The Kier molecular flexibility index (Phi) is 7.02. The molecule has 8 heteroatoms. The molecule has 2 aromatic carbocycles. The molecule has 1 heterocycles. The fourth-order valence-electron chi connectivity index (χ4n) is 4.52. The number of benzene rings is 2. The molecule has 1 fully saturated rings. The molecule has 33 heavy (non-hydrogen) atoms. The van der Waals surface area contributed by atoms with E-state index in [1.165, 1.54) is 6.42 Å². The molecular weight excluding hydrogens is 431 g/mol. The predicted molar refractivity (Wildman–Crippen MR) is 120 cm³/mol. The first-order valence-corrected chi connectivity index (χ1v) is 11.4. The van der Waals surface area contributed by atoms with Gasteiger partial charge in [-0.1, -0.05) is 56.4 Å². The van der Waals surface area contributed by atoms with Crippen molar-refractivity contribution >= 4 is 17.0 Å². The molecule has 1 saturated carbocycles. The summed E-state index contributed by atoms with van der Waals surface area (Å²) >= 11 is 0. The van der Waals surface area contributed by atoms with Gasteiger partial charge in [0.1, 0.15) is 0 Å². The van der Waals surface area contributed by atoms with E-state index in [1.54, 1.807) is 6.33 Å². The van der Waals surface area contributed by atoms with Gasteiger partial charge in [0.05, 0.1) is 23.9 Å². The van der Waals surface area contributed by atoms with E-state index in [9.17, 15) is 18.0 Å². The molecule has 4 rings (SSSR count). The van der Waals surface area contributed by atoms with Gasteiger partial charge in [0.15, 0.2) is 0 Å². The van der Waals surface area contributed by atoms with Crippen LogP contribution in [0.1, 0.15) is 49.7 Å². The maximum atomic E-state index is 12.8. The standard InChI is InChI=1S/C25H28F3N3O2/c1-17-13-22-23(30-16-29-22)14-21(17)20-9-7-19(8-10-20)15-31(33-24(32)25(26,27)28)12-11-18-5-3-2-4-6-18/h7-10,13-14,16,18H,2-6,11-12,15H2,1H3,(H,29,30). The molecule has 176 valence electrons. The highest BCUT2D eigenvalue weighted by Crippen LogP contribution is 2.29. The van der Waals surface area contributed by atoms with E-state index >= 15 is 0 Å². The van der Waals surface area contributed by atoms with Crippen LogP contribution in [0, 0.1) is 12.8 Å². The largest absolute Gasteiger partial charge is 0.492 e. The van der Waals surface area contributed by atoms with E-state index in [2.05, 4.69) is 9.97 Å². The molecule has 0 saturated heterocycles. The minimum atomic E-state index is -5.02. The SMILES string of the molecule is Cc1cc2nc[nH]c2cc1-c1ccc(CN(CCC2CCCCC2)OC(=O)C(F)(F)F)cc1. The Morgan fingerprint density at radius 2 is 1.88 bits per heavy atom. The fourth-order valence-corrected chi connectivity index (χ4v) is 4.52. The summed E-state index contributed by atoms with van der Waals surface area (Å²) < 4.78 is 38.4. The van der Waals surface area contributed by atoms with Crippen molar-refractivity contribution in [1.29, 1.82) is 0 Å². The highest BCUT2D eigenvalue weighted by Gasteiger charge is 2.42. The number of halogens is 3. The summed E-state index contributed by atoms with van der Waals surface area (Å²) in [6, 6.07) is 11.6. The number of H-pyrrole nitrogens is 1. The van der Waals surface area contributed by atoms with Crippen molar-refractivity contribution in [2.45, 2.75) is 58.2 Å². The van der Waals surface area contributed by atoms with Crippen molar-refractivity contribution in [2.24, 2.45) is 5.92 Å². The van der Waals surface area contributed by atoms with Crippen LogP contribution in [0.15, 0.2) is 42.7 Å². The molecule has 0 spiro atoms. The number of hydrogen-bond acceptors (Lipinski definition) is 4. The Morgan fingerprint density at radius 1 is 1.15 bits per heavy atom. The lowest BCUT2D eigenvalue weighted by atomic mass is 9.87. The number of aromatic amines is 1. The van der Waals surface area contributed by atoms with Gasteiger partial charge in [0.2, 0.25) is 0 Å². The molecule has 0 amide bonds. The lowest BCUT2D eigenvalue weighted by Gasteiger charge is -2.26. The van der Waals surface area contributed by atoms with Gasteiger partial charge in [0, 0.05) is 6.54 Å². The number of carbonyl (C=O) groups is 1. The van der Waals surface area contributed by atoms with Gasteiger partial charge >= 0.3 is 12.1 Å². The number of aryl methyl sites for hydroxylation is 1. The summed E-state index contributed by atoms with van der Waals surface area (Å²) in [4.78, 5) is 23.6. The minimum absolute atomic E-state index is 0.105. The number of carbonyl (C=O) groups excluding carboxylic acids is 1. The lowest BCUT2D eigenvalue weighted by molar-refractivity contribution is -0.241. The van der Waals surface area contributed by atoms with Crippen LogP contribution in [0.2, 0.25) is 0 Å². The summed E-state index contributed by atoms with van der Waals surface area (Å²) in [5.74, 6) is -1.71. The van der Waals surface area contributed by atoms with Gasteiger partial charge in [-0.05, 0) is 53.6 Å². The molecular formula is C25H28F3N3O2. The number of imidazole rings is 1. The number of alkyl halides is 3. The van der Waals surface area contributed by atoms with E-state index < -0.39 is 12.1 Å². The van der Waals surface area contributed by atoms with Gasteiger partial charge in [-0.2, -0.15) is 13.2 Å². The molecule has 1 aliphatic carbocycles. The lowest BCUT2D eigenvalue weighted by Crippen LogP contribution is -2.35. The second kappa shape index (κ2) is 9.95. The van der Waals surface area contributed by atoms with Crippen LogP contribution in [0.4, 0.5) is 13.2 Å². The first kappa shape index (κ1) is 23.3. The third kappa shape index (κ3) is 5.93. The first-order valence-electron chi connectivity index (χ1n) is 11.4. The van der Waals surface area contributed by atoms with Crippen LogP contribution in [0.25, 0.3) is 22.2 Å². The monoisotopic (exact) mass is 459 g/mol. The summed E-state index contributed by atoms with van der Waals surface area (Å²) in [7, 11) is 0. The van der Waals surface area contributed by atoms with E-state index in [1.807, 2.05) is 43.3 Å². The Hall–Kier alpha value is -2.87. The Balaban J connectivity index is 1.47. The zero-order valence-corrected chi connectivity index (χ0v) is 18.6. The van der Waals surface area contributed by atoms with Gasteiger partial charge in [0.25, 0.3) is 0 Å². The summed E-state index contributed by atoms with van der Waals surface area (Å²) in [5.41, 5.74) is 5.73. The Labute approximate surface area is 190 Å².